The largest absolute Gasteiger partial charge is 0.439 e. The molecule has 1 aromatic rings. The van der Waals surface area contributed by atoms with E-state index < -0.39 is 18.5 Å². The van der Waals surface area contributed by atoms with Gasteiger partial charge in [0.05, 0.1) is 12.7 Å². The minimum atomic E-state index is -0.597. The molecular formula is C24H37NO5. The van der Waals surface area contributed by atoms with E-state index in [0.29, 0.717) is 19.6 Å². The second kappa shape index (κ2) is 11.5. The number of benzene rings is 1. The molecule has 0 aromatic heterocycles. The highest BCUT2D eigenvalue weighted by atomic mass is 16.7. The highest BCUT2D eigenvalue weighted by Gasteiger charge is 2.41. The van der Waals surface area contributed by atoms with E-state index in [9.17, 15) is 4.79 Å². The molecule has 1 amide bonds. The van der Waals surface area contributed by atoms with E-state index in [1.165, 1.54) is 0 Å². The molecule has 0 N–H and O–H groups in total. The van der Waals surface area contributed by atoms with Gasteiger partial charge in [-0.2, -0.15) is 0 Å². The molecule has 2 rings (SSSR count). The van der Waals surface area contributed by atoms with Crippen molar-refractivity contribution in [3.05, 3.63) is 48.0 Å². The first kappa shape index (κ1) is 24.4. The van der Waals surface area contributed by atoms with Crippen molar-refractivity contribution in [2.45, 2.75) is 91.3 Å². The molecule has 0 unspecified atom stereocenters. The highest BCUT2D eigenvalue weighted by molar-refractivity contribution is 5.69. The number of nitrogens with zero attached hydrogens (tertiary/aromatic N) is 1. The van der Waals surface area contributed by atoms with Crippen LogP contribution in [0.5, 0.6) is 0 Å². The molecule has 0 radical (unpaired) electrons. The van der Waals surface area contributed by atoms with Crippen molar-refractivity contribution in [2.75, 3.05) is 6.61 Å². The number of carbonyl (C=O) groups excluding carboxylic acids is 1. The first-order valence-corrected chi connectivity index (χ1v) is 10.8. The van der Waals surface area contributed by atoms with Gasteiger partial charge in [0.25, 0.3) is 0 Å². The second-order valence-corrected chi connectivity index (χ2v) is 8.25. The maximum absolute atomic E-state index is 12.9. The molecule has 1 saturated heterocycles. The summed E-state index contributed by atoms with van der Waals surface area (Å²) in [5.41, 5.74) is 1.85. The molecule has 168 valence electrons. The van der Waals surface area contributed by atoms with Crippen molar-refractivity contribution in [3.8, 4) is 0 Å². The minimum Gasteiger partial charge on any atom is -0.439 e. The first-order valence-electron chi connectivity index (χ1n) is 10.8. The summed E-state index contributed by atoms with van der Waals surface area (Å²) in [6.45, 7) is 16.9. The Morgan fingerprint density at radius 2 is 1.80 bits per heavy atom. The van der Waals surface area contributed by atoms with Gasteiger partial charge in [-0.25, -0.2) is 4.79 Å². The van der Waals surface area contributed by atoms with Crippen molar-refractivity contribution < 1.29 is 23.7 Å². The van der Waals surface area contributed by atoms with Gasteiger partial charge in [-0.1, -0.05) is 36.9 Å². The normalized spacial score (nSPS) is 22.9. The third kappa shape index (κ3) is 6.56. The van der Waals surface area contributed by atoms with Crippen molar-refractivity contribution in [1.29, 1.82) is 0 Å². The summed E-state index contributed by atoms with van der Waals surface area (Å²) in [4.78, 5) is 14.6. The zero-order valence-corrected chi connectivity index (χ0v) is 19.2. The van der Waals surface area contributed by atoms with Crippen LogP contribution in [0, 0.1) is 0 Å². The van der Waals surface area contributed by atoms with Gasteiger partial charge in [0, 0.05) is 25.1 Å². The molecule has 1 fully saturated rings. The van der Waals surface area contributed by atoms with Crippen molar-refractivity contribution >= 4 is 6.09 Å². The van der Waals surface area contributed by atoms with Crippen LogP contribution in [0.25, 0.3) is 0 Å². The standard InChI is InChI=1S/C24H37NO5/c1-8-27-21-14-18(6)22(30-24(26)25(16(2)3)17(4)5)23(29-21)19(7)28-15-20-12-10-9-11-13-20/h9-13,16-17,19,21-23H,6,8,14-15H2,1-5,7H3/t19-,21+,22-,23+/m0/s1. The van der Waals surface area contributed by atoms with Crippen LogP contribution < -0.4 is 0 Å². The summed E-state index contributed by atoms with van der Waals surface area (Å²) >= 11 is 0. The van der Waals surface area contributed by atoms with Gasteiger partial charge in [-0.05, 0) is 52.7 Å². The average molecular weight is 420 g/mol. The van der Waals surface area contributed by atoms with Crippen molar-refractivity contribution in [3.63, 3.8) is 0 Å². The Hall–Kier alpha value is -1.89. The summed E-state index contributed by atoms with van der Waals surface area (Å²) in [7, 11) is 0. The molecule has 4 atom stereocenters. The van der Waals surface area contributed by atoms with E-state index in [1.54, 1.807) is 4.90 Å². The lowest BCUT2D eigenvalue weighted by Gasteiger charge is -2.41. The lowest BCUT2D eigenvalue weighted by atomic mass is 9.96. The molecule has 30 heavy (non-hydrogen) atoms. The molecule has 1 aromatic carbocycles. The summed E-state index contributed by atoms with van der Waals surface area (Å²) in [6.07, 6.45) is -1.73. The molecule has 1 heterocycles. The topological polar surface area (TPSA) is 57.2 Å². The highest BCUT2D eigenvalue weighted by Crippen LogP contribution is 2.31. The van der Waals surface area contributed by atoms with E-state index >= 15 is 0 Å². The van der Waals surface area contributed by atoms with E-state index in [-0.39, 0.29) is 24.3 Å². The van der Waals surface area contributed by atoms with Crippen LogP contribution in [-0.2, 0) is 25.6 Å². The number of hydrogen-bond donors (Lipinski definition) is 0. The van der Waals surface area contributed by atoms with E-state index in [1.807, 2.05) is 71.9 Å². The Labute approximate surface area is 181 Å². The second-order valence-electron chi connectivity index (χ2n) is 8.25. The van der Waals surface area contributed by atoms with E-state index in [2.05, 4.69) is 6.58 Å². The Morgan fingerprint density at radius 3 is 2.37 bits per heavy atom. The molecule has 6 nitrogen and oxygen atoms in total. The van der Waals surface area contributed by atoms with Crippen LogP contribution in [0.1, 0.15) is 53.5 Å². The van der Waals surface area contributed by atoms with Gasteiger partial charge >= 0.3 is 6.09 Å². The van der Waals surface area contributed by atoms with Crippen LogP contribution in [0.3, 0.4) is 0 Å². The predicted molar refractivity (Wildman–Crippen MR) is 117 cm³/mol. The summed E-state index contributed by atoms with van der Waals surface area (Å²) < 4.78 is 23.9. The Morgan fingerprint density at radius 1 is 1.17 bits per heavy atom. The molecule has 6 heteroatoms. The number of ether oxygens (including phenoxy) is 4. The maximum atomic E-state index is 12.9. The molecule has 0 aliphatic carbocycles. The van der Waals surface area contributed by atoms with Crippen LogP contribution in [-0.4, -0.2) is 54.3 Å². The van der Waals surface area contributed by atoms with E-state index in [0.717, 1.165) is 11.1 Å². The monoisotopic (exact) mass is 419 g/mol. The Balaban J connectivity index is 2.14. The Bertz CT molecular complexity index is 667. The number of hydrogen-bond acceptors (Lipinski definition) is 5. The predicted octanol–water partition coefficient (Wildman–Crippen LogP) is 4.92. The quantitative estimate of drug-likeness (QED) is 0.532. The maximum Gasteiger partial charge on any atom is 0.410 e. The molecule has 1 aliphatic rings. The van der Waals surface area contributed by atoms with Crippen molar-refractivity contribution in [1.82, 2.24) is 4.90 Å². The number of amides is 1. The van der Waals surface area contributed by atoms with Gasteiger partial charge in [0.1, 0.15) is 6.10 Å². The van der Waals surface area contributed by atoms with Crippen molar-refractivity contribution in [2.24, 2.45) is 0 Å². The molecular weight excluding hydrogens is 382 g/mol. The Kier molecular flexibility index (Phi) is 9.34. The smallest absolute Gasteiger partial charge is 0.410 e. The molecule has 1 aliphatic heterocycles. The van der Waals surface area contributed by atoms with Gasteiger partial charge in [0.2, 0.25) is 0 Å². The average Bonchev–Trinajstić information content (AvgIpc) is 2.68. The number of rotatable bonds is 9. The van der Waals surface area contributed by atoms with Gasteiger partial charge in [-0.15, -0.1) is 0 Å². The third-order valence-corrected chi connectivity index (χ3v) is 5.16. The zero-order chi connectivity index (χ0) is 22.3. The number of carbonyl (C=O) groups is 1. The van der Waals surface area contributed by atoms with E-state index in [4.69, 9.17) is 18.9 Å². The van der Waals surface area contributed by atoms with Gasteiger partial charge < -0.3 is 23.8 Å². The minimum absolute atomic E-state index is 0.0247. The summed E-state index contributed by atoms with van der Waals surface area (Å²) in [6, 6.07) is 10.00. The lowest BCUT2D eigenvalue weighted by molar-refractivity contribution is -0.232. The van der Waals surface area contributed by atoms with Gasteiger partial charge in [0.15, 0.2) is 12.4 Å². The third-order valence-electron chi connectivity index (χ3n) is 5.16. The first-order chi connectivity index (χ1) is 14.2. The van der Waals surface area contributed by atoms with Crippen LogP contribution in [0.15, 0.2) is 42.5 Å². The molecule has 0 spiro atoms. The van der Waals surface area contributed by atoms with Crippen LogP contribution >= 0.6 is 0 Å². The molecule has 0 bridgehead atoms. The SMILES string of the molecule is C=C1C[C@H](OCC)O[C@H]([C@H](C)OCc2ccccc2)[C@H]1OC(=O)N(C(C)C)C(C)C. The fourth-order valence-electron chi connectivity index (χ4n) is 3.73. The van der Waals surface area contributed by atoms with Crippen LogP contribution in [0.2, 0.25) is 0 Å². The lowest BCUT2D eigenvalue weighted by Crippen LogP contribution is -2.52. The summed E-state index contributed by atoms with van der Waals surface area (Å²) in [5.74, 6) is 0. The molecule has 0 saturated carbocycles. The zero-order valence-electron chi connectivity index (χ0n) is 19.2. The van der Waals surface area contributed by atoms with Gasteiger partial charge in [-0.3, -0.25) is 0 Å². The fourth-order valence-corrected chi connectivity index (χ4v) is 3.73. The fraction of sp³-hybridized carbons (Fsp3) is 0.625. The van der Waals surface area contributed by atoms with Crippen LogP contribution in [0.4, 0.5) is 4.79 Å². The summed E-state index contributed by atoms with van der Waals surface area (Å²) in [5, 5.41) is 0.